The Balaban J connectivity index is 0.875. The van der Waals surface area contributed by atoms with E-state index in [0.29, 0.717) is 42.0 Å². The van der Waals surface area contributed by atoms with E-state index in [1.807, 2.05) is 6.07 Å². The van der Waals surface area contributed by atoms with Crippen molar-refractivity contribution in [3.63, 3.8) is 0 Å². The topological polar surface area (TPSA) is 102 Å². The summed E-state index contributed by atoms with van der Waals surface area (Å²) in [6.45, 7) is 11.1. The number of piperidine rings is 1. The van der Waals surface area contributed by atoms with Crippen molar-refractivity contribution in [1.82, 2.24) is 28.6 Å². The van der Waals surface area contributed by atoms with Gasteiger partial charge in [0.15, 0.2) is 0 Å². The molecule has 0 atom stereocenters. The zero-order valence-corrected chi connectivity index (χ0v) is 29.2. The smallest absolute Gasteiger partial charge is 0.355 e. The summed E-state index contributed by atoms with van der Waals surface area (Å²) in [6, 6.07) is 13.5. The molecule has 0 aliphatic carbocycles. The molecule has 264 valence electrons. The van der Waals surface area contributed by atoms with Gasteiger partial charge in [-0.25, -0.2) is 22.7 Å². The molecule has 10 nitrogen and oxygen atoms in total. The molecule has 8 rings (SSSR count). The number of aromatic nitrogens is 3. The quantitative estimate of drug-likeness (QED) is 0.263. The minimum atomic E-state index is -4.27. The average Bonchev–Trinajstić information content (AvgIpc) is 3.37. The predicted molar refractivity (Wildman–Crippen MR) is 185 cm³/mol. The Bertz CT molecular complexity index is 2110. The van der Waals surface area contributed by atoms with Gasteiger partial charge < -0.3 is 14.4 Å². The summed E-state index contributed by atoms with van der Waals surface area (Å²) in [4.78, 5) is 15.8. The maximum Gasteiger partial charge on any atom is 0.393 e. The molecule has 2 spiro atoms. The predicted octanol–water partition coefficient (Wildman–Crippen LogP) is 4.55. The number of hydrogen-bond acceptors (Lipinski definition) is 8. The number of benzene rings is 2. The molecule has 2 aromatic heterocycles. The number of halogens is 3. The maximum absolute atomic E-state index is 13.1. The van der Waals surface area contributed by atoms with Crippen LogP contribution in [0.1, 0.15) is 35.2 Å². The Hall–Kier alpha value is -3.77. The Morgan fingerprint density at radius 2 is 1.64 bits per heavy atom. The zero-order chi connectivity index (χ0) is 35.1. The van der Waals surface area contributed by atoms with Gasteiger partial charge in [0, 0.05) is 86.0 Å². The third kappa shape index (κ3) is 6.12. The van der Waals surface area contributed by atoms with Crippen LogP contribution in [-0.4, -0.2) is 108 Å². The van der Waals surface area contributed by atoms with Gasteiger partial charge >= 0.3 is 6.18 Å². The summed E-state index contributed by atoms with van der Waals surface area (Å²) in [6.07, 6.45) is -0.374. The largest absolute Gasteiger partial charge is 0.393 e. The number of nitrogens with zero attached hydrogens (tertiary/aromatic N) is 8. The molecule has 4 aromatic rings. The number of fused-ring (bicyclic) bond motifs is 2. The van der Waals surface area contributed by atoms with Crippen LogP contribution in [0.5, 0.6) is 0 Å². The van der Waals surface area contributed by atoms with Gasteiger partial charge in [-0.05, 0) is 73.8 Å². The zero-order valence-electron chi connectivity index (χ0n) is 28.4. The van der Waals surface area contributed by atoms with Crippen LogP contribution >= 0.6 is 0 Å². The first-order chi connectivity index (χ1) is 23.7. The van der Waals surface area contributed by atoms with Crippen LogP contribution in [0.2, 0.25) is 0 Å². The molecule has 0 amide bonds. The molecule has 50 heavy (non-hydrogen) atoms. The number of likely N-dealkylation sites (tertiary alicyclic amines) is 2. The van der Waals surface area contributed by atoms with Gasteiger partial charge in [-0.3, -0.25) is 4.90 Å². The lowest BCUT2D eigenvalue weighted by molar-refractivity contribution is -0.127. The summed E-state index contributed by atoms with van der Waals surface area (Å²) in [5, 5.41) is 11.8. The first-order valence-electron chi connectivity index (χ1n) is 17.2. The number of aryl methyl sites for hydroxylation is 1. The van der Waals surface area contributed by atoms with E-state index in [0.717, 1.165) is 76.1 Å². The number of nitriles is 1. The highest BCUT2D eigenvalue weighted by Gasteiger charge is 2.54. The van der Waals surface area contributed by atoms with E-state index in [-0.39, 0.29) is 16.4 Å². The lowest BCUT2D eigenvalue weighted by atomic mass is 9.72. The van der Waals surface area contributed by atoms with E-state index >= 15 is 0 Å². The lowest BCUT2D eigenvalue weighted by Gasteiger charge is -2.59. The van der Waals surface area contributed by atoms with E-state index in [2.05, 4.69) is 54.4 Å². The van der Waals surface area contributed by atoms with Gasteiger partial charge in [0.05, 0.1) is 18.2 Å². The van der Waals surface area contributed by atoms with Gasteiger partial charge in [0.1, 0.15) is 23.9 Å². The third-order valence-electron chi connectivity index (χ3n) is 11.6. The van der Waals surface area contributed by atoms with Crippen LogP contribution in [-0.2, 0) is 29.5 Å². The highest BCUT2D eigenvalue weighted by molar-refractivity contribution is 7.88. The molecule has 4 aliphatic rings. The average molecular weight is 707 g/mol. The van der Waals surface area contributed by atoms with Crippen molar-refractivity contribution in [2.24, 2.45) is 10.8 Å². The molecule has 0 unspecified atom stereocenters. The second-order valence-corrected chi connectivity index (χ2v) is 17.3. The molecule has 0 radical (unpaired) electrons. The maximum atomic E-state index is 13.1. The van der Waals surface area contributed by atoms with Gasteiger partial charge in [-0.15, -0.1) is 0 Å². The standard InChI is InChI=1S/C36H41F3N8O2S/c1-25-27(4-6-32-29(25)14-28(16-40)47(32)12-11-44-18-35(19-44)22-46(23-35)50(2,48)49)17-43-9-7-34(8-10-43)20-45(21-34)33-30-13-26(15-36(37,38)39)3-5-31(30)41-24-42-33/h3-6,13-14,24H,7-12,15,17-23H2,1-2H3. The van der Waals surface area contributed by atoms with Crippen LogP contribution in [0, 0.1) is 29.1 Å². The highest BCUT2D eigenvalue weighted by atomic mass is 32.2. The minimum absolute atomic E-state index is 0.0933. The summed E-state index contributed by atoms with van der Waals surface area (Å²) < 4.78 is 66.4. The number of anilines is 1. The summed E-state index contributed by atoms with van der Waals surface area (Å²) in [7, 11) is -3.11. The summed E-state index contributed by atoms with van der Waals surface area (Å²) in [5.41, 5.74) is 5.34. The third-order valence-corrected chi connectivity index (χ3v) is 12.8. The number of rotatable bonds is 8. The second-order valence-electron chi connectivity index (χ2n) is 15.3. The van der Waals surface area contributed by atoms with Crippen LogP contribution in [0.4, 0.5) is 19.0 Å². The molecule has 4 fully saturated rings. The normalized spacial score (nSPS) is 21.0. The van der Waals surface area contributed by atoms with E-state index in [4.69, 9.17) is 0 Å². The molecule has 14 heteroatoms. The fourth-order valence-corrected chi connectivity index (χ4v) is 9.82. The van der Waals surface area contributed by atoms with Gasteiger partial charge in [-0.1, -0.05) is 12.1 Å². The first kappa shape index (κ1) is 33.4. The van der Waals surface area contributed by atoms with Crippen LogP contribution in [0.15, 0.2) is 42.7 Å². The molecule has 4 saturated heterocycles. The lowest BCUT2D eigenvalue weighted by Crippen LogP contribution is -2.72. The van der Waals surface area contributed by atoms with E-state index < -0.39 is 22.6 Å². The van der Waals surface area contributed by atoms with E-state index in [1.54, 1.807) is 16.4 Å². The molecule has 0 bridgehead atoms. The van der Waals surface area contributed by atoms with Crippen molar-refractivity contribution in [3.05, 3.63) is 65.1 Å². The molecule has 6 heterocycles. The number of sulfonamides is 1. The van der Waals surface area contributed by atoms with Gasteiger partial charge in [0.25, 0.3) is 0 Å². The first-order valence-corrected chi connectivity index (χ1v) is 19.0. The van der Waals surface area contributed by atoms with Crippen LogP contribution < -0.4 is 4.90 Å². The fraction of sp³-hybridized carbons (Fsp3) is 0.528. The Morgan fingerprint density at radius 3 is 2.32 bits per heavy atom. The Kier molecular flexibility index (Phi) is 7.94. The minimum Gasteiger partial charge on any atom is -0.355 e. The SMILES string of the molecule is Cc1c(CN2CCC3(CC2)CN(c2ncnc4ccc(CC(F)(F)F)cc24)C3)ccc2c1cc(C#N)n2CCN1CC2(C1)CN(S(C)(=O)=O)C2. The molecule has 2 aromatic carbocycles. The van der Waals surface area contributed by atoms with Crippen LogP contribution in [0.3, 0.4) is 0 Å². The summed E-state index contributed by atoms with van der Waals surface area (Å²) >= 11 is 0. The molecule has 4 aliphatic heterocycles. The Labute approximate surface area is 290 Å². The molecule has 0 saturated carbocycles. The monoisotopic (exact) mass is 706 g/mol. The van der Waals surface area contributed by atoms with Gasteiger partial charge in [-0.2, -0.15) is 18.4 Å². The fourth-order valence-electron chi connectivity index (χ4n) is 8.80. The van der Waals surface area contributed by atoms with Crippen molar-refractivity contribution in [2.75, 3.05) is 70.1 Å². The summed E-state index contributed by atoms with van der Waals surface area (Å²) in [5.74, 6) is 0.716. The Morgan fingerprint density at radius 1 is 0.900 bits per heavy atom. The number of hydrogen-bond donors (Lipinski definition) is 0. The van der Waals surface area contributed by atoms with E-state index in [1.165, 1.54) is 29.8 Å². The van der Waals surface area contributed by atoms with Crippen LogP contribution in [0.25, 0.3) is 21.8 Å². The van der Waals surface area contributed by atoms with Gasteiger partial charge in [0.2, 0.25) is 10.0 Å². The van der Waals surface area contributed by atoms with Crippen molar-refractivity contribution in [3.8, 4) is 6.07 Å². The molecular weight excluding hydrogens is 666 g/mol. The number of alkyl halides is 3. The second kappa shape index (κ2) is 11.9. The highest BCUT2D eigenvalue weighted by Crippen LogP contribution is 2.44. The van der Waals surface area contributed by atoms with Crippen molar-refractivity contribution < 1.29 is 21.6 Å². The van der Waals surface area contributed by atoms with Crippen molar-refractivity contribution >= 4 is 37.6 Å². The van der Waals surface area contributed by atoms with E-state index in [9.17, 15) is 26.9 Å². The van der Waals surface area contributed by atoms with Crippen molar-refractivity contribution in [2.45, 2.75) is 45.5 Å². The molecular formula is C36H41F3N8O2S. The molecule has 0 N–H and O–H groups in total. The van der Waals surface area contributed by atoms with Crippen molar-refractivity contribution in [1.29, 1.82) is 5.26 Å².